The van der Waals surface area contributed by atoms with Gasteiger partial charge in [0.2, 0.25) is 0 Å². The molecule has 1 saturated heterocycles. The van der Waals surface area contributed by atoms with Crippen LogP contribution in [0, 0.1) is 0 Å². The second-order valence-corrected chi connectivity index (χ2v) is 1.58. The zero-order valence-electron chi connectivity index (χ0n) is 3.87. The van der Waals surface area contributed by atoms with Crippen molar-refractivity contribution in [2.75, 3.05) is 13.2 Å². The van der Waals surface area contributed by atoms with Crippen molar-refractivity contribution in [2.24, 2.45) is 0 Å². The number of aliphatic hydroxyl groups is 2. The largest absolute Gasteiger partial charge is 0.394 e. The molecule has 42 valence electrons. The van der Waals surface area contributed by atoms with Crippen LogP contribution >= 0.6 is 0 Å². The average Bonchev–Trinajstić information content (AvgIpc) is 2.43. The van der Waals surface area contributed by atoms with E-state index in [-0.39, 0.29) is 25.4 Å². The third-order valence-corrected chi connectivity index (χ3v) is 1.05. The molecule has 3 nitrogen and oxygen atoms in total. The summed E-state index contributed by atoms with van der Waals surface area (Å²) in [5.74, 6) is 0. The molecule has 0 aromatic carbocycles. The Morgan fingerprint density at radius 2 is 1.57 bits per heavy atom. The number of hydrogen-bond acceptors (Lipinski definition) is 3. The molecule has 1 aliphatic heterocycles. The molecule has 0 radical (unpaired) electrons. The van der Waals surface area contributed by atoms with Crippen molar-refractivity contribution in [3.8, 4) is 0 Å². The van der Waals surface area contributed by atoms with E-state index in [1.54, 1.807) is 0 Å². The SMILES string of the molecule is OC[C@@H]1O[C@H]1CO. The van der Waals surface area contributed by atoms with Gasteiger partial charge in [-0.1, -0.05) is 0 Å². The molecule has 1 aliphatic rings. The maximum Gasteiger partial charge on any atom is 0.110 e. The summed E-state index contributed by atoms with van der Waals surface area (Å²) in [6.45, 7) is 0.0659. The Morgan fingerprint density at radius 1 is 1.14 bits per heavy atom. The van der Waals surface area contributed by atoms with Gasteiger partial charge in [-0.2, -0.15) is 0 Å². The van der Waals surface area contributed by atoms with Crippen LogP contribution in [0.5, 0.6) is 0 Å². The van der Waals surface area contributed by atoms with Gasteiger partial charge in [0.15, 0.2) is 0 Å². The fourth-order valence-electron chi connectivity index (χ4n) is 0.500. The Morgan fingerprint density at radius 3 is 1.71 bits per heavy atom. The summed E-state index contributed by atoms with van der Waals surface area (Å²) in [7, 11) is 0. The highest BCUT2D eigenvalue weighted by atomic mass is 16.6. The predicted octanol–water partition coefficient (Wildman–Crippen LogP) is -1.26. The van der Waals surface area contributed by atoms with Crippen molar-refractivity contribution >= 4 is 0 Å². The van der Waals surface area contributed by atoms with E-state index in [9.17, 15) is 0 Å². The Bertz CT molecular complexity index is 56.0. The molecule has 2 N–H and O–H groups in total. The van der Waals surface area contributed by atoms with E-state index < -0.39 is 0 Å². The lowest BCUT2D eigenvalue weighted by molar-refractivity contribution is 0.227. The van der Waals surface area contributed by atoms with Gasteiger partial charge >= 0.3 is 0 Å². The molecule has 0 spiro atoms. The van der Waals surface area contributed by atoms with E-state index in [4.69, 9.17) is 14.9 Å². The van der Waals surface area contributed by atoms with Gasteiger partial charge in [0.25, 0.3) is 0 Å². The molecule has 1 fully saturated rings. The van der Waals surface area contributed by atoms with E-state index in [0.717, 1.165) is 0 Å². The smallest absolute Gasteiger partial charge is 0.110 e. The van der Waals surface area contributed by atoms with Crippen LogP contribution in [-0.4, -0.2) is 35.6 Å². The highest BCUT2D eigenvalue weighted by Gasteiger charge is 2.36. The summed E-state index contributed by atoms with van der Waals surface area (Å²) in [6.07, 6.45) is -0.157. The predicted molar refractivity (Wildman–Crippen MR) is 22.8 cm³/mol. The molecule has 7 heavy (non-hydrogen) atoms. The highest BCUT2D eigenvalue weighted by Crippen LogP contribution is 2.19. The van der Waals surface area contributed by atoms with Crippen LogP contribution in [0.2, 0.25) is 0 Å². The summed E-state index contributed by atoms with van der Waals surface area (Å²) < 4.78 is 4.72. The van der Waals surface area contributed by atoms with Crippen molar-refractivity contribution in [1.29, 1.82) is 0 Å². The molecule has 0 aliphatic carbocycles. The van der Waals surface area contributed by atoms with Gasteiger partial charge in [-0.05, 0) is 0 Å². The van der Waals surface area contributed by atoms with Crippen LogP contribution in [0.15, 0.2) is 0 Å². The first-order valence-electron chi connectivity index (χ1n) is 2.25. The molecular formula is C4H8O3. The maximum absolute atomic E-state index is 8.27. The molecule has 0 amide bonds. The van der Waals surface area contributed by atoms with Crippen LogP contribution in [0.3, 0.4) is 0 Å². The van der Waals surface area contributed by atoms with Gasteiger partial charge in [0.05, 0.1) is 13.2 Å². The topological polar surface area (TPSA) is 53.0 Å². The average molecular weight is 104 g/mol. The lowest BCUT2D eigenvalue weighted by Crippen LogP contribution is -2.02. The molecule has 0 unspecified atom stereocenters. The Balaban J connectivity index is 2.06. The molecule has 0 aromatic heterocycles. The summed E-state index contributed by atoms with van der Waals surface area (Å²) >= 11 is 0. The third kappa shape index (κ3) is 0.907. The van der Waals surface area contributed by atoms with E-state index in [2.05, 4.69) is 0 Å². The van der Waals surface area contributed by atoms with Gasteiger partial charge in [0, 0.05) is 0 Å². The fraction of sp³-hybridized carbons (Fsp3) is 1.00. The van der Waals surface area contributed by atoms with E-state index in [1.165, 1.54) is 0 Å². The first kappa shape index (κ1) is 5.03. The van der Waals surface area contributed by atoms with Crippen molar-refractivity contribution in [2.45, 2.75) is 12.2 Å². The van der Waals surface area contributed by atoms with Gasteiger partial charge in [-0.3, -0.25) is 0 Å². The van der Waals surface area contributed by atoms with Gasteiger partial charge in [-0.25, -0.2) is 0 Å². The van der Waals surface area contributed by atoms with Crippen LogP contribution in [0.25, 0.3) is 0 Å². The van der Waals surface area contributed by atoms with Crippen LogP contribution in [0.1, 0.15) is 0 Å². The molecule has 3 heteroatoms. The molecular weight excluding hydrogens is 96.0 g/mol. The summed E-state index contributed by atoms with van der Waals surface area (Å²) in [6, 6.07) is 0. The lowest BCUT2D eigenvalue weighted by atomic mass is 10.3. The summed E-state index contributed by atoms with van der Waals surface area (Å²) in [5, 5.41) is 16.5. The van der Waals surface area contributed by atoms with Gasteiger partial charge in [-0.15, -0.1) is 0 Å². The molecule has 1 heterocycles. The zero-order chi connectivity index (χ0) is 5.28. The van der Waals surface area contributed by atoms with Gasteiger partial charge in [0.1, 0.15) is 12.2 Å². The molecule has 0 bridgehead atoms. The number of hydrogen-bond donors (Lipinski definition) is 2. The minimum absolute atomic E-state index is 0.0330. The zero-order valence-corrected chi connectivity index (χ0v) is 3.87. The molecule has 2 atom stereocenters. The second-order valence-electron chi connectivity index (χ2n) is 1.58. The third-order valence-electron chi connectivity index (χ3n) is 1.05. The summed E-state index contributed by atoms with van der Waals surface area (Å²) in [4.78, 5) is 0. The Hall–Kier alpha value is -0.120. The quantitative estimate of drug-likeness (QED) is 0.430. The number of aliphatic hydroxyl groups excluding tert-OH is 2. The fourth-order valence-corrected chi connectivity index (χ4v) is 0.500. The van der Waals surface area contributed by atoms with E-state index in [1.807, 2.05) is 0 Å². The van der Waals surface area contributed by atoms with Crippen molar-refractivity contribution in [3.05, 3.63) is 0 Å². The monoisotopic (exact) mass is 104 g/mol. The number of epoxide rings is 1. The van der Waals surface area contributed by atoms with Crippen molar-refractivity contribution in [1.82, 2.24) is 0 Å². The van der Waals surface area contributed by atoms with Crippen LogP contribution in [0.4, 0.5) is 0 Å². The molecule has 0 saturated carbocycles. The maximum atomic E-state index is 8.27. The van der Waals surface area contributed by atoms with Crippen molar-refractivity contribution < 1.29 is 14.9 Å². The first-order chi connectivity index (χ1) is 3.38. The van der Waals surface area contributed by atoms with Crippen molar-refractivity contribution in [3.63, 3.8) is 0 Å². The lowest BCUT2D eigenvalue weighted by Gasteiger charge is -1.78. The van der Waals surface area contributed by atoms with Gasteiger partial charge < -0.3 is 14.9 Å². The Kier molecular flexibility index (Phi) is 1.27. The minimum Gasteiger partial charge on any atom is -0.394 e. The Labute approximate surface area is 41.5 Å². The number of ether oxygens (including phenoxy) is 1. The standard InChI is InChI=1S/C4H8O3/c5-1-3-4(2-6)7-3/h3-6H,1-2H2/t3-,4-/m0/s1. The van der Waals surface area contributed by atoms with E-state index >= 15 is 0 Å². The van der Waals surface area contributed by atoms with Crippen LogP contribution in [-0.2, 0) is 4.74 Å². The minimum atomic E-state index is -0.0787. The van der Waals surface area contributed by atoms with Crippen LogP contribution < -0.4 is 0 Å². The molecule has 0 aromatic rings. The number of rotatable bonds is 2. The highest BCUT2D eigenvalue weighted by molar-refractivity contribution is 4.82. The second kappa shape index (κ2) is 1.78. The van der Waals surface area contributed by atoms with E-state index in [0.29, 0.717) is 0 Å². The normalized spacial score (nSPS) is 38.6. The first-order valence-corrected chi connectivity index (χ1v) is 2.25. The summed E-state index contributed by atoms with van der Waals surface area (Å²) in [5.41, 5.74) is 0. The molecule has 1 rings (SSSR count).